The van der Waals surface area contributed by atoms with Crippen LogP contribution in [0, 0.1) is 0 Å². The lowest BCUT2D eigenvalue weighted by molar-refractivity contribution is 0.458. The molecule has 0 aliphatic carbocycles. The average Bonchev–Trinajstić information content (AvgIpc) is 2.25. The van der Waals surface area contributed by atoms with E-state index in [0.29, 0.717) is 5.75 Å². The normalized spacial score (nSPS) is 10.1. The number of hydrogen-bond acceptors (Lipinski definition) is 4. The SMILES string of the molecule is O=c1[nH]cnc(Oc2cncc(Br)c2)c1Cl. The average molecular weight is 303 g/mol. The van der Waals surface area contributed by atoms with Crippen molar-refractivity contribution >= 4 is 27.5 Å². The zero-order valence-electron chi connectivity index (χ0n) is 7.78. The number of nitrogens with zero attached hydrogens (tertiary/aromatic N) is 2. The number of H-pyrrole nitrogens is 1. The molecule has 2 heterocycles. The predicted octanol–water partition coefficient (Wildman–Crippen LogP) is 2.37. The first-order valence-electron chi connectivity index (χ1n) is 4.18. The quantitative estimate of drug-likeness (QED) is 0.925. The zero-order chi connectivity index (χ0) is 11.5. The van der Waals surface area contributed by atoms with Crippen molar-refractivity contribution in [3.05, 3.63) is 44.6 Å². The second-order valence-electron chi connectivity index (χ2n) is 2.79. The molecule has 0 atom stereocenters. The maximum atomic E-state index is 11.2. The van der Waals surface area contributed by atoms with Gasteiger partial charge in [0.2, 0.25) is 5.88 Å². The van der Waals surface area contributed by atoms with Crippen LogP contribution in [0.4, 0.5) is 0 Å². The number of halogens is 2. The lowest BCUT2D eigenvalue weighted by Gasteiger charge is -2.04. The van der Waals surface area contributed by atoms with Crippen molar-refractivity contribution < 1.29 is 4.74 Å². The molecule has 0 unspecified atom stereocenters. The summed E-state index contributed by atoms with van der Waals surface area (Å²) < 4.78 is 6.07. The van der Waals surface area contributed by atoms with Crippen LogP contribution in [0.15, 0.2) is 34.1 Å². The molecule has 0 bridgehead atoms. The summed E-state index contributed by atoms with van der Waals surface area (Å²) in [6.07, 6.45) is 4.32. The first kappa shape index (κ1) is 11.1. The van der Waals surface area contributed by atoms with Gasteiger partial charge in [-0.2, -0.15) is 0 Å². The van der Waals surface area contributed by atoms with Crippen LogP contribution in [0.1, 0.15) is 0 Å². The molecule has 0 aromatic carbocycles. The summed E-state index contributed by atoms with van der Waals surface area (Å²) in [7, 11) is 0. The molecule has 7 heteroatoms. The molecule has 0 aliphatic heterocycles. The van der Waals surface area contributed by atoms with Crippen LogP contribution in [0.2, 0.25) is 5.02 Å². The molecular formula is C9H5BrClN3O2. The highest BCUT2D eigenvalue weighted by Crippen LogP contribution is 2.24. The van der Waals surface area contributed by atoms with Crippen LogP contribution < -0.4 is 10.3 Å². The van der Waals surface area contributed by atoms with Crippen molar-refractivity contribution in [3.8, 4) is 11.6 Å². The van der Waals surface area contributed by atoms with Crippen molar-refractivity contribution in [1.82, 2.24) is 15.0 Å². The Bertz CT molecular complexity index is 573. The van der Waals surface area contributed by atoms with Crippen LogP contribution in [-0.2, 0) is 0 Å². The lowest BCUT2D eigenvalue weighted by Crippen LogP contribution is -2.07. The van der Waals surface area contributed by atoms with Gasteiger partial charge in [-0.1, -0.05) is 11.6 Å². The van der Waals surface area contributed by atoms with Gasteiger partial charge in [0.05, 0.1) is 12.5 Å². The highest BCUT2D eigenvalue weighted by molar-refractivity contribution is 9.10. The topological polar surface area (TPSA) is 67.9 Å². The molecule has 2 rings (SSSR count). The molecule has 0 aliphatic rings. The van der Waals surface area contributed by atoms with Crippen LogP contribution in [-0.4, -0.2) is 15.0 Å². The van der Waals surface area contributed by atoms with E-state index in [9.17, 15) is 4.79 Å². The van der Waals surface area contributed by atoms with Crippen molar-refractivity contribution in [2.24, 2.45) is 0 Å². The Kier molecular flexibility index (Phi) is 3.21. The number of aromatic nitrogens is 3. The Morgan fingerprint density at radius 1 is 1.44 bits per heavy atom. The molecule has 0 saturated heterocycles. The van der Waals surface area contributed by atoms with E-state index in [1.807, 2.05) is 0 Å². The van der Waals surface area contributed by atoms with Gasteiger partial charge in [0, 0.05) is 10.7 Å². The number of rotatable bonds is 2. The van der Waals surface area contributed by atoms with Crippen LogP contribution in [0.5, 0.6) is 11.6 Å². The van der Waals surface area contributed by atoms with Crippen LogP contribution in [0.3, 0.4) is 0 Å². The third-order valence-corrected chi connectivity index (χ3v) is 2.43. The summed E-state index contributed by atoms with van der Waals surface area (Å²) in [4.78, 5) is 21.2. The van der Waals surface area contributed by atoms with E-state index in [1.165, 1.54) is 12.5 Å². The van der Waals surface area contributed by atoms with E-state index in [1.54, 1.807) is 12.3 Å². The summed E-state index contributed by atoms with van der Waals surface area (Å²) in [6.45, 7) is 0. The van der Waals surface area contributed by atoms with E-state index in [0.717, 1.165) is 4.47 Å². The first-order valence-corrected chi connectivity index (χ1v) is 5.35. The maximum absolute atomic E-state index is 11.2. The third kappa shape index (κ3) is 2.40. The monoisotopic (exact) mass is 301 g/mol. The fourth-order valence-corrected chi connectivity index (χ4v) is 1.48. The van der Waals surface area contributed by atoms with Crippen molar-refractivity contribution in [3.63, 3.8) is 0 Å². The summed E-state index contributed by atoms with van der Waals surface area (Å²) in [5, 5.41) is -0.0949. The van der Waals surface area contributed by atoms with Gasteiger partial charge in [-0.15, -0.1) is 0 Å². The molecule has 0 spiro atoms. The Morgan fingerprint density at radius 2 is 2.25 bits per heavy atom. The molecule has 2 aromatic rings. The standard InChI is InChI=1S/C9H5BrClN3O2/c10-5-1-6(3-12-2-5)16-9-7(11)8(15)13-4-14-9/h1-4H,(H,13,14,15). The van der Waals surface area contributed by atoms with Gasteiger partial charge >= 0.3 is 0 Å². The number of pyridine rings is 1. The molecule has 5 nitrogen and oxygen atoms in total. The van der Waals surface area contributed by atoms with Crippen molar-refractivity contribution in [2.75, 3.05) is 0 Å². The smallest absolute Gasteiger partial charge is 0.273 e. The Balaban J connectivity index is 2.34. The number of nitrogens with one attached hydrogen (secondary N) is 1. The van der Waals surface area contributed by atoms with Gasteiger partial charge in [-0.3, -0.25) is 9.78 Å². The lowest BCUT2D eigenvalue weighted by atomic mass is 10.5. The van der Waals surface area contributed by atoms with Gasteiger partial charge in [0.1, 0.15) is 5.75 Å². The minimum absolute atomic E-state index is 0.0466. The minimum Gasteiger partial charge on any atom is -0.436 e. The molecule has 0 fully saturated rings. The molecule has 16 heavy (non-hydrogen) atoms. The second-order valence-corrected chi connectivity index (χ2v) is 4.09. The maximum Gasteiger partial charge on any atom is 0.273 e. The molecule has 82 valence electrons. The van der Waals surface area contributed by atoms with E-state index in [-0.39, 0.29) is 10.9 Å². The molecular weight excluding hydrogens is 297 g/mol. The van der Waals surface area contributed by atoms with E-state index in [2.05, 4.69) is 30.9 Å². The number of ether oxygens (including phenoxy) is 1. The van der Waals surface area contributed by atoms with Crippen LogP contribution >= 0.6 is 27.5 Å². The summed E-state index contributed by atoms with van der Waals surface area (Å²) >= 11 is 8.96. The van der Waals surface area contributed by atoms with Gasteiger partial charge in [0.25, 0.3) is 5.56 Å². The van der Waals surface area contributed by atoms with E-state index < -0.39 is 5.56 Å². The molecule has 0 radical (unpaired) electrons. The van der Waals surface area contributed by atoms with Crippen molar-refractivity contribution in [2.45, 2.75) is 0 Å². The molecule has 0 amide bonds. The zero-order valence-corrected chi connectivity index (χ0v) is 10.1. The third-order valence-electron chi connectivity index (χ3n) is 1.66. The van der Waals surface area contributed by atoms with Gasteiger partial charge < -0.3 is 9.72 Å². The predicted molar refractivity (Wildman–Crippen MR) is 61.9 cm³/mol. The Hall–Kier alpha value is -1.40. The molecule has 0 saturated carbocycles. The van der Waals surface area contributed by atoms with Crippen LogP contribution in [0.25, 0.3) is 0 Å². The molecule has 2 aromatic heterocycles. The van der Waals surface area contributed by atoms with E-state index >= 15 is 0 Å². The second kappa shape index (κ2) is 4.63. The van der Waals surface area contributed by atoms with Crippen molar-refractivity contribution in [1.29, 1.82) is 0 Å². The number of aromatic amines is 1. The fraction of sp³-hybridized carbons (Fsp3) is 0. The highest BCUT2D eigenvalue weighted by Gasteiger charge is 2.08. The van der Waals surface area contributed by atoms with Gasteiger partial charge in [-0.25, -0.2) is 4.98 Å². The van der Waals surface area contributed by atoms with E-state index in [4.69, 9.17) is 16.3 Å². The van der Waals surface area contributed by atoms with Gasteiger partial charge in [-0.05, 0) is 22.0 Å². The first-order chi connectivity index (χ1) is 7.66. The summed E-state index contributed by atoms with van der Waals surface area (Å²) in [5.41, 5.74) is -0.449. The van der Waals surface area contributed by atoms with Gasteiger partial charge in [0.15, 0.2) is 5.02 Å². The summed E-state index contributed by atoms with van der Waals surface area (Å²) in [5.74, 6) is 0.486. The minimum atomic E-state index is -0.449. The Morgan fingerprint density at radius 3 is 3.00 bits per heavy atom. The highest BCUT2D eigenvalue weighted by atomic mass is 79.9. The largest absolute Gasteiger partial charge is 0.436 e. The molecule has 1 N–H and O–H groups in total. The fourth-order valence-electron chi connectivity index (χ4n) is 0.998. The Labute approximate surface area is 104 Å². The number of hydrogen-bond donors (Lipinski definition) is 1. The summed E-state index contributed by atoms with van der Waals surface area (Å²) in [6, 6.07) is 1.69.